The summed E-state index contributed by atoms with van der Waals surface area (Å²) in [6, 6.07) is 3.72. The minimum Gasteiger partial charge on any atom is -0.381 e. The number of nitrogens with one attached hydrogen (secondary N) is 1. The molecule has 0 saturated carbocycles. The first-order valence-electron chi connectivity index (χ1n) is 8.76. The molecule has 1 atom stereocenters. The Balaban J connectivity index is 1.69. The number of thiophene rings is 1. The van der Waals surface area contributed by atoms with E-state index in [-0.39, 0.29) is 17.7 Å². The zero-order chi connectivity index (χ0) is 17.4. The smallest absolute Gasteiger partial charge is 0.263 e. The maximum atomic E-state index is 12.4. The maximum absolute atomic E-state index is 12.4. The summed E-state index contributed by atoms with van der Waals surface area (Å²) < 4.78 is 5.51. The fourth-order valence-electron chi connectivity index (χ4n) is 2.78. The second-order valence-corrected chi connectivity index (χ2v) is 7.63. The molecule has 1 unspecified atom stereocenters. The van der Waals surface area contributed by atoms with Crippen molar-refractivity contribution in [3.8, 4) is 0 Å². The largest absolute Gasteiger partial charge is 0.381 e. The summed E-state index contributed by atoms with van der Waals surface area (Å²) in [4.78, 5) is 27.3. The molecular weight excluding hydrogens is 324 g/mol. The maximum Gasteiger partial charge on any atom is 0.263 e. The predicted octanol–water partition coefficient (Wildman–Crippen LogP) is 2.78. The Kier molecular flexibility index (Phi) is 7.72. The van der Waals surface area contributed by atoms with Crippen molar-refractivity contribution < 1.29 is 14.3 Å². The molecule has 1 saturated heterocycles. The number of piperidine rings is 1. The van der Waals surface area contributed by atoms with Crippen LogP contribution in [0.5, 0.6) is 0 Å². The highest BCUT2D eigenvalue weighted by Crippen LogP contribution is 2.20. The van der Waals surface area contributed by atoms with Crippen LogP contribution in [0.3, 0.4) is 0 Å². The molecule has 1 aromatic rings. The third-order valence-corrected chi connectivity index (χ3v) is 4.89. The minimum atomic E-state index is -0.0979. The predicted molar refractivity (Wildman–Crippen MR) is 96.2 cm³/mol. The highest BCUT2D eigenvalue weighted by molar-refractivity contribution is 7.12. The quantitative estimate of drug-likeness (QED) is 0.732. The minimum absolute atomic E-state index is 0.0459. The van der Waals surface area contributed by atoms with Crippen LogP contribution in [0.25, 0.3) is 0 Å². The molecule has 1 fully saturated rings. The van der Waals surface area contributed by atoms with Gasteiger partial charge in [0.1, 0.15) is 0 Å². The zero-order valence-corrected chi connectivity index (χ0v) is 15.4. The van der Waals surface area contributed by atoms with Gasteiger partial charge in [-0.25, -0.2) is 0 Å². The summed E-state index contributed by atoms with van der Waals surface area (Å²) >= 11 is 1.45. The average Bonchev–Trinajstić information content (AvgIpc) is 3.11. The van der Waals surface area contributed by atoms with Gasteiger partial charge in [0.2, 0.25) is 5.91 Å². The molecule has 5 nitrogen and oxygen atoms in total. The van der Waals surface area contributed by atoms with E-state index in [1.54, 1.807) is 0 Å². The lowest BCUT2D eigenvalue weighted by molar-refractivity contribution is -0.126. The molecule has 0 bridgehead atoms. The Labute approximate surface area is 148 Å². The number of hydrogen-bond donors (Lipinski definition) is 1. The summed E-state index contributed by atoms with van der Waals surface area (Å²) in [5, 5.41) is 4.89. The summed E-state index contributed by atoms with van der Waals surface area (Å²) in [6.45, 7) is 7.56. The lowest BCUT2D eigenvalue weighted by Crippen LogP contribution is -2.45. The normalized spacial score (nSPS) is 18.0. The zero-order valence-electron chi connectivity index (χ0n) is 14.6. The van der Waals surface area contributed by atoms with E-state index < -0.39 is 0 Å². The molecule has 1 aliphatic heterocycles. The number of amides is 2. The Morgan fingerprint density at radius 2 is 2.29 bits per heavy atom. The Bertz CT molecular complexity index is 516. The molecule has 2 heterocycles. The van der Waals surface area contributed by atoms with Gasteiger partial charge < -0.3 is 15.0 Å². The van der Waals surface area contributed by atoms with Crippen molar-refractivity contribution in [2.75, 3.05) is 32.8 Å². The van der Waals surface area contributed by atoms with E-state index >= 15 is 0 Å². The topological polar surface area (TPSA) is 58.6 Å². The molecule has 0 radical (unpaired) electrons. The molecule has 24 heavy (non-hydrogen) atoms. The standard InChI is InChI=1S/C18H28N2O3S/c1-14(2)13-23-10-5-8-19-17(21)15-6-3-9-20(12-15)18(22)16-7-4-11-24-16/h4,7,11,14-15H,3,5-6,8-10,12-13H2,1-2H3,(H,19,21). The number of ether oxygens (including phenoxy) is 1. The van der Waals surface area contributed by atoms with E-state index in [9.17, 15) is 9.59 Å². The second kappa shape index (κ2) is 9.79. The van der Waals surface area contributed by atoms with E-state index in [0.717, 1.165) is 37.3 Å². The van der Waals surface area contributed by atoms with Gasteiger partial charge in [0.05, 0.1) is 10.8 Å². The molecular formula is C18H28N2O3S. The number of carbonyl (C=O) groups excluding carboxylic acids is 2. The highest BCUT2D eigenvalue weighted by atomic mass is 32.1. The number of likely N-dealkylation sites (tertiary alicyclic amines) is 1. The summed E-state index contributed by atoms with van der Waals surface area (Å²) in [5.41, 5.74) is 0. The SMILES string of the molecule is CC(C)COCCCNC(=O)C1CCCN(C(=O)c2cccs2)C1. The first-order valence-corrected chi connectivity index (χ1v) is 9.64. The van der Waals surface area contributed by atoms with E-state index in [2.05, 4.69) is 19.2 Å². The van der Waals surface area contributed by atoms with Crippen molar-refractivity contribution >= 4 is 23.2 Å². The van der Waals surface area contributed by atoms with Gasteiger partial charge in [-0.3, -0.25) is 9.59 Å². The Morgan fingerprint density at radius 1 is 1.46 bits per heavy atom. The lowest BCUT2D eigenvalue weighted by atomic mass is 9.97. The van der Waals surface area contributed by atoms with Gasteiger partial charge in [0, 0.05) is 32.8 Å². The number of nitrogens with zero attached hydrogens (tertiary/aromatic N) is 1. The average molecular weight is 353 g/mol. The first-order chi connectivity index (χ1) is 11.6. The van der Waals surface area contributed by atoms with Crippen molar-refractivity contribution in [3.05, 3.63) is 22.4 Å². The van der Waals surface area contributed by atoms with Gasteiger partial charge in [-0.15, -0.1) is 11.3 Å². The number of hydrogen-bond acceptors (Lipinski definition) is 4. The van der Waals surface area contributed by atoms with Crippen LogP contribution >= 0.6 is 11.3 Å². The third kappa shape index (κ3) is 5.91. The highest BCUT2D eigenvalue weighted by Gasteiger charge is 2.28. The first kappa shape index (κ1) is 18.9. The second-order valence-electron chi connectivity index (χ2n) is 6.68. The Hall–Kier alpha value is -1.40. The van der Waals surface area contributed by atoms with Crippen LogP contribution in [-0.4, -0.2) is 49.6 Å². The van der Waals surface area contributed by atoms with Crippen molar-refractivity contribution in [1.29, 1.82) is 0 Å². The number of carbonyl (C=O) groups is 2. The molecule has 2 rings (SSSR count). The summed E-state index contributed by atoms with van der Waals surface area (Å²) in [5.74, 6) is 0.542. The van der Waals surface area contributed by atoms with Crippen molar-refractivity contribution in [3.63, 3.8) is 0 Å². The lowest BCUT2D eigenvalue weighted by Gasteiger charge is -2.31. The molecule has 1 aromatic heterocycles. The molecule has 2 amide bonds. The van der Waals surface area contributed by atoms with Crippen LogP contribution in [0.15, 0.2) is 17.5 Å². The van der Waals surface area contributed by atoms with E-state index in [1.807, 2.05) is 22.4 Å². The molecule has 0 aliphatic carbocycles. The van der Waals surface area contributed by atoms with E-state index in [0.29, 0.717) is 25.6 Å². The molecule has 0 spiro atoms. The van der Waals surface area contributed by atoms with Gasteiger partial charge in [-0.05, 0) is 36.6 Å². The van der Waals surface area contributed by atoms with Crippen LogP contribution < -0.4 is 5.32 Å². The van der Waals surface area contributed by atoms with Crippen LogP contribution in [0.4, 0.5) is 0 Å². The molecule has 134 valence electrons. The summed E-state index contributed by atoms with van der Waals surface area (Å²) in [6.07, 6.45) is 2.56. The monoisotopic (exact) mass is 352 g/mol. The van der Waals surface area contributed by atoms with E-state index in [1.165, 1.54) is 11.3 Å². The molecule has 1 N–H and O–H groups in total. The Morgan fingerprint density at radius 3 is 3.00 bits per heavy atom. The van der Waals surface area contributed by atoms with Crippen molar-refractivity contribution in [2.24, 2.45) is 11.8 Å². The number of rotatable bonds is 8. The molecule has 6 heteroatoms. The van der Waals surface area contributed by atoms with Crippen LogP contribution in [0, 0.1) is 11.8 Å². The van der Waals surface area contributed by atoms with Gasteiger partial charge in [-0.2, -0.15) is 0 Å². The van der Waals surface area contributed by atoms with Crippen LogP contribution in [-0.2, 0) is 9.53 Å². The van der Waals surface area contributed by atoms with Gasteiger partial charge in [-0.1, -0.05) is 19.9 Å². The van der Waals surface area contributed by atoms with Crippen molar-refractivity contribution in [1.82, 2.24) is 10.2 Å². The molecule has 0 aromatic carbocycles. The van der Waals surface area contributed by atoms with Crippen LogP contribution in [0.1, 0.15) is 42.8 Å². The van der Waals surface area contributed by atoms with Gasteiger partial charge in [0.15, 0.2) is 0 Å². The van der Waals surface area contributed by atoms with Crippen LogP contribution in [0.2, 0.25) is 0 Å². The molecule has 1 aliphatic rings. The fourth-order valence-corrected chi connectivity index (χ4v) is 3.47. The third-order valence-electron chi connectivity index (χ3n) is 4.03. The van der Waals surface area contributed by atoms with Crippen molar-refractivity contribution in [2.45, 2.75) is 33.1 Å². The van der Waals surface area contributed by atoms with Gasteiger partial charge >= 0.3 is 0 Å². The van der Waals surface area contributed by atoms with E-state index in [4.69, 9.17) is 4.74 Å². The summed E-state index contributed by atoms with van der Waals surface area (Å²) in [7, 11) is 0. The van der Waals surface area contributed by atoms with Gasteiger partial charge in [0.25, 0.3) is 5.91 Å². The fraction of sp³-hybridized carbons (Fsp3) is 0.667.